The van der Waals surface area contributed by atoms with E-state index in [4.69, 9.17) is 4.74 Å². The van der Waals surface area contributed by atoms with E-state index >= 15 is 0 Å². The molecule has 0 saturated carbocycles. The molecule has 2 aliphatic heterocycles. The number of phenols is 1. The molecule has 126 valence electrons. The summed E-state index contributed by atoms with van der Waals surface area (Å²) >= 11 is 0. The van der Waals surface area contributed by atoms with Crippen molar-refractivity contribution >= 4 is 5.69 Å². The van der Waals surface area contributed by atoms with Crippen molar-refractivity contribution in [2.75, 3.05) is 11.9 Å². The summed E-state index contributed by atoms with van der Waals surface area (Å²) in [5.74, 6) is 1.18. The van der Waals surface area contributed by atoms with Crippen LogP contribution in [0.3, 0.4) is 0 Å². The van der Waals surface area contributed by atoms with Crippen LogP contribution in [0.1, 0.15) is 61.4 Å². The number of hydrogen-bond acceptors (Lipinski definition) is 3. The number of rotatable bonds is 2. The Balaban J connectivity index is 1.83. The Hall–Kier alpha value is -2.00. The zero-order valence-electron chi connectivity index (χ0n) is 14.3. The zero-order valence-corrected chi connectivity index (χ0v) is 14.3. The second-order valence-electron chi connectivity index (χ2n) is 7.28. The van der Waals surface area contributed by atoms with Crippen LogP contribution >= 0.6 is 0 Å². The molecule has 3 nitrogen and oxygen atoms in total. The van der Waals surface area contributed by atoms with Crippen molar-refractivity contribution in [3.63, 3.8) is 0 Å². The van der Waals surface area contributed by atoms with Gasteiger partial charge >= 0.3 is 0 Å². The maximum absolute atomic E-state index is 9.92. The predicted molar refractivity (Wildman–Crippen MR) is 96.4 cm³/mol. The fourth-order valence-corrected chi connectivity index (χ4v) is 4.25. The molecule has 0 aliphatic carbocycles. The van der Waals surface area contributed by atoms with Crippen molar-refractivity contribution in [1.82, 2.24) is 0 Å². The normalized spacial score (nSPS) is 25.7. The van der Waals surface area contributed by atoms with Gasteiger partial charge in [0.25, 0.3) is 0 Å². The molecule has 2 aliphatic rings. The SMILES string of the molecule is CC(C)c1cccc2c1N[C@@H](c1cccc(O)c1)[C@@H]1CCCO[C@H]21. The molecule has 2 aromatic rings. The average Bonchev–Trinajstić information content (AvgIpc) is 2.60. The van der Waals surface area contributed by atoms with Crippen molar-refractivity contribution in [2.24, 2.45) is 5.92 Å². The van der Waals surface area contributed by atoms with Gasteiger partial charge in [-0.05, 0) is 42.0 Å². The monoisotopic (exact) mass is 323 g/mol. The van der Waals surface area contributed by atoms with Crippen LogP contribution in [0.2, 0.25) is 0 Å². The van der Waals surface area contributed by atoms with Crippen LogP contribution in [0.15, 0.2) is 42.5 Å². The van der Waals surface area contributed by atoms with Gasteiger partial charge in [-0.15, -0.1) is 0 Å². The Morgan fingerprint density at radius 2 is 2.00 bits per heavy atom. The molecule has 3 heteroatoms. The molecule has 0 aromatic heterocycles. The van der Waals surface area contributed by atoms with Gasteiger partial charge in [0.15, 0.2) is 0 Å². The standard InChI is InChI=1S/C21H25NO2/c1-13(2)16-8-4-9-18-20(16)22-19(14-6-3-7-15(23)12-14)17-10-5-11-24-21(17)18/h3-4,6-9,12-13,17,19,21-23H,5,10-11H2,1-2H3/t17-,19-,21-/m0/s1. The first-order valence-electron chi connectivity index (χ1n) is 8.95. The van der Waals surface area contributed by atoms with E-state index in [0.717, 1.165) is 25.0 Å². The summed E-state index contributed by atoms with van der Waals surface area (Å²) in [5, 5.41) is 13.7. The van der Waals surface area contributed by atoms with Crippen LogP contribution in [0.25, 0.3) is 0 Å². The van der Waals surface area contributed by atoms with Crippen molar-refractivity contribution in [3.8, 4) is 5.75 Å². The largest absolute Gasteiger partial charge is 0.508 e. The highest BCUT2D eigenvalue weighted by molar-refractivity contribution is 5.63. The van der Waals surface area contributed by atoms with Crippen molar-refractivity contribution in [3.05, 3.63) is 59.2 Å². The molecule has 24 heavy (non-hydrogen) atoms. The first-order valence-corrected chi connectivity index (χ1v) is 8.95. The molecule has 3 atom stereocenters. The molecule has 2 N–H and O–H groups in total. The van der Waals surface area contributed by atoms with Gasteiger partial charge in [-0.1, -0.05) is 44.2 Å². The molecular formula is C21H25NO2. The smallest absolute Gasteiger partial charge is 0.115 e. The van der Waals surface area contributed by atoms with E-state index in [1.54, 1.807) is 6.07 Å². The van der Waals surface area contributed by atoms with E-state index in [2.05, 4.69) is 43.4 Å². The van der Waals surface area contributed by atoms with E-state index < -0.39 is 0 Å². The Bertz CT molecular complexity index is 740. The average molecular weight is 323 g/mol. The minimum Gasteiger partial charge on any atom is -0.508 e. The molecule has 0 radical (unpaired) electrons. The Morgan fingerprint density at radius 3 is 2.79 bits per heavy atom. The second-order valence-corrected chi connectivity index (χ2v) is 7.28. The summed E-state index contributed by atoms with van der Waals surface area (Å²) < 4.78 is 6.22. The van der Waals surface area contributed by atoms with Gasteiger partial charge in [0.2, 0.25) is 0 Å². The summed E-state index contributed by atoms with van der Waals surface area (Å²) in [6.07, 6.45) is 2.38. The number of fused-ring (bicyclic) bond motifs is 3. The number of hydrogen-bond donors (Lipinski definition) is 2. The van der Waals surface area contributed by atoms with Crippen molar-refractivity contribution in [1.29, 1.82) is 0 Å². The lowest BCUT2D eigenvalue weighted by atomic mass is 9.76. The number of ether oxygens (including phenoxy) is 1. The van der Waals surface area contributed by atoms with Crippen LogP contribution in [0, 0.1) is 5.92 Å². The molecule has 0 bridgehead atoms. The van der Waals surface area contributed by atoms with E-state index in [0.29, 0.717) is 17.6 Å². The number of para-hydroxylation sites is 1. The highest BCUT2D eigenvalue weighted by Crippen LogP contribution is 2.50. The molecule has 1 saturated heterocycles. The maximum Gasteiger partial charge on any atom is 0.115 e. The maximum atomic E-state index is 9.92. The summed E-state index contributed by atoms with van der Waals surface area (Å²) in [6.45, 7) is 5.29. The number of phenolic OH excluding ortho intramolecular Hbond substituents is 1. The number of benzene rings is 2. The lowest BCUT2D eigenvalue weighted by Crippen LogP contribution is -2.36. The van der Waals surface area contributed by atoms with Gasteiger partial charge < -0.3 is 15.2 Å². The second kappa shape index (κ2) is 6.14. The summed E-state index contributed by atoms with van der Waals surface area (Å²) in [6, 6.07) is 14.4. The molecule has 0 amide bonds. The third-order valence-electron chi connectivity index (χ3n) is 5.38. The third kappa shape index (κ3) is 2.57. The van der Waals surface area contributed by atoms with E-state index in [1.165, 1.54) is 16.8 Å². The molecule has 1 fully saturated rings. The first kappa shape index (κ1) is 15.5. The van der Waals surface area contributed by atoms with Crippen LogP contribution in [-0.4, -0.2) is 11.7 Å². The summed E-state index contributed by atoms with van der Waals surface area (Å²) in [7, 11) is 0. The van der Waals surface area contributed by atoms with Crippen LogP contribution < -0.4 is 5.32 Å². The third-order valence-corrected chi connectivity index (χ3v) is 5.38. The molecule has 2 heterocycles. The van der Waals surface area contributed by atoms with Crippen molar-refractivity contribution < 1.29 is 9.84 Å². The lowest BCUT2D eigenvalue weighted by Gasteiger charge is -2.44. The number of anilines is 1. The van der Waals surface area contributed by atoms with Gasteiger partial charge in [0.1, 0.15) is 5.75 Å². The lowest BCUT2D eigenvalue weighted by molar-refractivity contribution is -0.0382. The number of nitrogens with one attached hydrogen (secondary N) is 1. The van der Waals surface area contributed by atoms with E-state index in [1.807, 2.05) is 12.1 Å². The van der Waals surface area contributed by atoms with Gasteiger partial charge in [0.05, 0.1) is 12.1 Å². The Morgan fingerprint density at radius 1 is 1.17 bits per heavy atom. The molecule has 4 rings (SSSR count). The van der Waals surface area contributed by atoms with Gasteiger partial charge in [0, 0.05) is 23.8 Å². The first-order chi connectivity index (χ1) is 11.6. The fourth-order valence-electron chi connectivity index (χ4n) is 4.25. The van der Waals surface area contributed by atoms with Crippen LogP contribution in [-0.2, 0) is 4.74 Å². The Labute approximate surface area is 143 Å². The summed E-state index contributed by atoms with van der Waals surface area (Å²) in [5.41, 5.74) is 5.00. The molecule has 0 unspecified atom stereocenters. The zero-order chi connectivity index (χ0) is 16.7. The van der Waals surface area contributed by atoms with Crippen molar-refractivity contribution in [2.45, 2.75) is 44.8 Å². The van der Waals surface area contributed by atoms with Gasteiger partial charge in [-0.25, -0.2) is 0 Å². The molecule has 2 aromatic carbocycles. The predicted octanol–water partition coefficient (Wildman–Crippen LogP) is 5.15. The topological polar surface area (TPSA) is 41.5 Å². The van der Waals surface area contributed by atoms with E-state index in [9.17, 15) is 5.11 Å². The minimum absolute atomic E-state index is 0.140. The molecule has 0 spiro atoms. The minimum atomic E-state index is 0.140. The Kier molecular flexibility index (Phi) is 3.97. The van der Waals surface area contributed by atoms with E-state index in [-0.39, 0.29) is 12.1 Å². The summed E-state index contributed by atoms with van der Waals surface area (Å²) in [4.78, 5) is 0. The van der Waals surface area contributed by atoms with Gasteiger partial charge in [-0.2, -0.15) is 0 Å². The quantitative estimate of drug-likeness (QED) is 0.803. The fraction of sp³-hybridized carbons (Fsp3) is 0.429. The highest BCUT2D eigenvalue weighted by Gasteiger charge is 2.40. The van der Waals surface area contributed by atoms with Gasteiger partial charge in [-0.3, -0.25) is 0 Å². The number of aromatic hydroxyl groups is 1. The van der Waals surface area contributed by atoms with Crippen LogP contribution in [0.5, 0.6) is 5.75 Å². The highest BCUT2D eigenvalue weighted by atomic mass is 16.5. The molecular weight excluding hydrogens is 298 g/mol. The van der Waals surface area contributed by atoms with Crippen LogP contribution in [0.4, 0.5) is 5.69 Å².